The van der Waals surface area contributed by atoms with E-state index in [9.17, 15) is 9.59 Å². The third-order valence-electron chi connectivity index (χ3n) is 4.67. The third kappa shape index (κ3) is 5.76. The van der Waals surface area contributed by atoms with E-state index in [2.05, 4.69) is 20.8 Å². The Bertz CT molecular complexity index is 901. The number of esters is 1. The summed E-state index contributed by atoms with van der Waals surface area (Å²) in [6.07, 6.45) is 6.09. The fraction of sp³-hybridized carbons (Fsp3) is 0.474. The van der Waals surface area contributed by atoms with Gasteiger partial charge in [-0.25, -0.2) is 0 Å². The molecule has 1 aromatic heterocycles. The molecule has 30 heavy (non-hydrogen) atoms. The zero-order chi connectivity index (χ0) is 20.8. The Morgan fingerprint density at radius 2 is 2.00 bits per heavy atom. The Kier molecular flexibility index (Phi) is 6.90. The van der Waals surface area contributed by atoms with Crippen molar-refractivity contribution >= 4 is 45.8 Å². The Morgan fingerprint density at radius 3 is 2.87 bits per heavy atom. The largest absolute Gasteiger partial charge is 0.455 e. The first-order valence-electron chi connectivity index (χ1n) is 9.74. The van der Waals surface area contributed by atoms with Crippen molar-refractivity contribution in [2.45, 2.75) is 42.5 Å². The lowest BCUT2D eigenvalue weighted by atomic mass is 9.96. The maximum Gasteiger partial charge on any atom is 0.316 e. The summed E-state index contributed by atoms with van der Waals surface area (Å²) < 4.78 is 16.2. The fourth-order valence-corrected chi connectivity index (χ4v) is 4.85. The third-order valence-corrected chi connectivity index (χ3v) is 6.63. The van der Waals surface area contributed by atoms with Gasteiger partial charge in [0.05, 0.1) is 5.75 Å². The molecule has 9 nitrogen and oxygen atoms in total. The highest BCUT2D eigenvalue weighted by Gasteiger charge is 2.17. The van der Waals surface area contributed by atoms with Crippen molar-refractivity contribution in [1.82, 2.24) is 10.2 Å². The van der Waals surface area contributed by atoms with E-state index in [1.165, 1.54) is 42.4 Å². The molecular formula is C19H22N4O5S2. The number of nitrogens with zero attached hydrogens (tertiary/aromatic N) is 2. The predicted octanol–water partition coefficient (Wildman–Crippen LogP) is 3.29. The van der Waals surface area contributed by atoms with Crippen LogP contribution in [0.2, 0.25) is 0 Å². The maximum atomic E-state index is 12.0. The lowest BCUT2D eigenvalue weighted by molar-refractivity contribution is -0.144. The van der Waals surface area contributed by atoms with Gasteiger partial charge in [-0.2, -0.15) is 0 Å². The molecule has 0 atom stereocenters. The highest BCUT2D eigenvalue weighted by Crippen LogP contribution is 2.34. The Balaban J connectivity index is 1.16. The van der Waals surface area contributed by atoms with Gasteiger partial charge in [0, 0.05) is 17.8 Å². The van der Waals surface area contributed by atoms with Crippen molar-refractivity contribution in [1.29, 1.82) is 0 Å². The molecule has 1 saturated carbocycles. The Morgan fingerprint density at radius 1 is 1.17 bits per heavy atom. The zero-order valence-corrected chi connectivity index (χ0v) is 17.9. The maximum absolute atomic E-state index is 12.0. The molecule has 0 radical (unpaired) electrons. The fourth-order valence-electron chi connectivity index (χ4n) is 3.23. The van der Waals surface area contributed by atoms with E-state index in [4.69, 9.17) is 14.2 Å². The highest BCUT2D eigenvalue weighted by molar-refractivity contribution is 8.01. The average molecular weight is 451 g/mol. The molecule has 1 fully saturated rings. The molecule has 2 aliphatic rings. The number of aromatic nitrogens is 2. The van der Waals surface area contributed by atoms with Gasteiger partial charge in [-0.3, -0.25) is 9.59 Å². The Labute approximate surface area is 181 Å². The SMILES string of the molecule is O=C(COC(=O)CSc1nnc(NC2CCCCC2)s1)Nc1ccc2c(c1)OCO2. The number of carbonyl (C=O) groups is 2. The number of fused-ring (bicyclic) bond motifs is 1. The molecule has 0 bridgehead atoms. The topological polar surface area (TPSA) is 112 Å². The van der Waals surface area contributed by atoms with Gasteiger partial charge in [-0.05, 0) is 25.0 Å². The van der Waals surface area contributed by atoms with Gasteiger partial charge in [0.25, 0.3) is 5.91 Å². The minimum absolute atomic E-state index is 0.0648. The van der Waals surface area contributed by atoms with E-state index in [0.717, 1.165) is 18.0 Å². The van der Waals surface area contributed by atoms with Crippen molar-refractivity contribution in [3.05, 3.63) is 18.2 Å². The Hall–Kier alpha value is -2.53. The van der Waals surface area contributed by atoms with Crippen molar-refractivity contribution < 1.29 is 23.8 Å². The van der Waals surface area contributed by atoms with Crippen molar-refractivity contribution in [2.24, 2.45) is 0 Å². The molecule has 11 heteroatoms. The van der Waals surface area contributed by atoms with Crippen LogP contribution >= 0.6 is 23.1 Å². The number of rotatable bonds is 8. The number of benzene rings is 1. The van der Waals surface area contributed by atoms with Crippen LogP contribution in [-0.4, -0.2) is 47.3 Å². The summed E-state index contributed by atoms with van der Waals surface area (Å²) in [5.74, 6) is 0.343. The second-order valence-corrected chi connectivity index (χ2v) is 9.12. The van der Waals surface area contributed by atoms with Crippen LogP contribution in [0.4, 0.5) is 10.8 Å². The summed E-state index contributed by atoms with van der Waals surface area (Å²) in [4.78, 5) is 23.9. The zero-order valence-electron chi connectivity index (χ0n) is 16.2. The van der Waals surface area contributed by atoms with E-state index >= 15 is 0 Å². The van der Waals surface area contributed by atoms with Gasteiger partial charge in [0.1, 0.15) is 0 Å². The first kappa shape index (κ1) is 20.7. The van der Waals surface area contributed by atoms with Crippen LogP contribution < -0.4 is 20.1 Å². The first-order valence-corrected chi connectivity index (χ1v) is 11.5. The van der Waals surface area contributed by atoms with Gasteiger partial charge >= 0.3 is 5.97 Å². The summed E-state index contributed by atoms with van der Waals surface area (Å²) >= 11 is 2.67. The van der Waals surface area contributed by atoms with E-state index in [0.29, 0.717) is 27.6 Å². The molecule has 1 amide bonds. The van der Waals surface area contributed by atoms with Crippen molar-refractivity contribution in [3.8, 4) is 11.5 Å². The molecule has 1 aliphatic carbocycles. The molecule has 2 N–H and O–H groups in total. The average Bonchev–Trinajstić information content (AvgIpc) is 3.40. The second-order valence-electron chi connectivity index (χ2n) is 6.92. The lowest BCUT2D eigenvalue weighted by Crippen LogP contribution is -2.21. The molecule has 1 aromatic carbocycles. The molecule has 1 aliphatic heterocycles. The molecule has 0 unspecified atom stereocenters. The molecule has 0 saturated heterocycles. The molecule has 160 valence electrons. The van der Waals surface area contributed by atoms with E-state index in [1.54, 1.807) is 18.2 Å². The predicted molar refractivity (Wildman–Crippen MR) is 113 cm³/mol. The van der Waals surface area contributed by atoms with Gasteiger partial charge in [-0.1, -0.05) is 42.4 Å². The number of anilines is 2. The van der Waals surface area contributed by atoms with Crippen LogP contribution in [0, 0.1) is 0 Å². The lowest BCUT2D eigenvalue weighted by Gasteiger charge is -2.21. The molecule has 0 spiro atoms. The van der Waals surface area contributed by atoms with E-state index in [-0.39, 0.29) is 19.2 Å². The number of carbonyl (C=O) groups excluding carboxylic acids is 2. The molecule has 2 aromatic rings. The number of hydrogen-bond donors (Lipinski definition) is 2. The van der Waals surface area contributed by atoms with Gasteiger partial charge in [0.2, 0.25) is 11.9 Å². The number of thioether (sulfide) groups is 1. The van der Waals surface area contributed by atoms with Gasteiger partial charge < -0.3 is 24.8 Å². The van der Waals surface area contributed by atoms with Crippen LogP contribution in [-0.2, 0) is 14.3 Å². The standard InChI is InChI=1S/C19H22N4O5S2/c24-16(20-13-6-7-14-15(8-13)28-11-27-14)9-26-17(25)10-29-19-23-22-18(30-19)21-12-4-2-1-3-5-12/h6-8,12H,1-5,9-11H2,(H,20,24)(H,21,22). The summed E-state index contributed by atoms with van der Waals surface area (Å²) in [5.41, 5.74) is 0.543. The van der Waals surface area contributed by atoms with Gasteiger partial charge in [0.15, 0.2) is 22.4 Å². The number of amides is 1. The molecular weight excluding hydrogens is 428 g/mol. The quantitative estimate of drug-likeness (QED) is 0.462. The number of nitrogens with one attached hydrogen (secondary N) is 2. The van der Waals surface area contributed by atoms with Crippen LogP contribution in [0.1, 0.15) is 32.1 Å². The first-order chi connectivity index (χ1) is 14.7. The van der Waals surface area contributed by atoms with Crippen LogP contribution in [0.25, 0.3) is 0 Å². The molecule has 2 heterocycles. The summed E-state index contributed by atoms with van der Waals surface area (Å²) in [6, 6.07) is 5.52. The minimum atomic E-state index is -0.488. The smallest absolute Gasteiger partial charge is 0.316 e. The summed E-state index contributed by atoms with van der Waals surface area (Å²) in [7, 11) is 0. The van der Waals surface area contributed by atoms with E-state index in [1.807, 2.05) is 0 Å². The van der Waals surface area contributed by atoms with Crippen LogP contribution in [0.5, 0.6) is 11.5 Å². The second kappa shape index (κ2) is 9.98. The van der Waals surface area contributed by atoms with Crippen molar-refractivity contribution in [2.75, 3.05) is 29.8 Å². The van der Waals surface area contributed by atoms with Gasteiger partial charge in [-0.15, -0.1) is 10.2 Å². The number of ether oxygens (including phenoxy) is 3. The van der Waals surface area contributed by atoms with Crippen molar-refractivity contribution in [3.63, 3.8) is 0 Å². The minimum Gasteiger partial charge on any atom is -0.455 e. The van der Waals surface area contributed by atoms with Crippen LogP contribution in [0.15, 0.2) is 22.5 Å². The highest BCUT2D eigenvalue weighted by atomic mass is 32.2. The number of hydrogen-bond acceptors (Lipinski definition) is 10. The normalized spacial score (nSPS) is 15.6. The van der Waals surface area contributed by atoms with E-state index < -0.39 is 11.9 Å². The molecule has 4 rings (SSSR count). The van der Waals surface area contributed by atoms with Crippen LogP contribution in [0.3, 0.4) is 0 Å². The monoisotopic (exact) mass is 450 g/mol. The summed E-state index contributed by atoms with van der Waals surface area (Å²) in [5, 5.41) is 15.1. The summed E-state index contributed by atoms with van der Waals surface area (Å²) in [6.45, 7) is -0.201.